The van der Waals surface area contributed by atoms with E-state index in [1.165, 1.54) is 12.3 Å². The summed E-state index contributed by atoms with van der Waals surface area (Å²) in [4.78, 5) is 3.78. The van der Waals surface area contributed by atoms with Gasteiger partial charge < -0.3 is 5.73 Å². The molecule has 90 valence electrons. The predicted molar refractivity (Wildman–Crippen MR) is 58.4 cm³/mol. The molecule has 2 N–H and O–H groups in total. The summed E-state index contributed by atoms with van der Waals surface area (Å²) in [6, 6.07) is 3.08. The third kappa shape index (κ3) is 4.40. The molecule has 1 aromatic rings. The molecule has 16 heavy (non-hydrogen) atoms. The number of aromatic nitrogens is 1. The molecule has 3 nitrogen and oxygen atoms in total. The fourth-order valence-electron chi connectivity index (χ4n) is 0.923. The molecule has 0 aliphatic heterocycles. The molecule has 1 atom stereocenters. The van der Waals surface area contributed by atoms with Crippen molar-refractivity contribution in [1.82, 2.24) is 4.98 Å². The van der Waals surface area contributed by atoms with Crippen molar-refractivity contribution in [2.24, 2.45) is 0 Å². The third-order valence-corrected chi connectivity index (χ3v) is 3.89. The zero-order valence-corrected chi connectivity index (χ0v) is 9.66. The number of hydrogen-bond donors (Lipinski definition) is 1. The SMILES string of the molecule is Nc1cccnc1S(=O)CCSC(F)(F)F. The fraction of sp³-hybridized carbons (Fsp3) is 0.375. The highest BCUT2D eigenvalue weighted by Crippen LogP contribution is 2.30. The van der Waals surface area contributed by atoms with E-state index in [-0.39, 0.29) is 34.0 Å². The summed E-state index contributed by atoms with van der Waals surface area (Å²) < 4.78 is 47.0. The Morgan fingerprint density at radius 2 is 2.19 bits per heavy atom. The number of halogens is 3. The van der Waals surface area contributed by atoms with E-state index in [2.05, 4.69) is 4.98 Å². The Morgan fingerprint density at radius 3 is 2.75 bits per heavy atom. The van der Waals surface area contributed by atoms with E-state index in [0.717, 1.165) is 0 Å². The van der Waals surface area contributed by atoms with Crippen LogP contribution in [0.5, 0.6) is 0 Å². The molecule has 0 saturated carbocycles. The highest BCUT2D eigenvalue weighted by Gasteiger charge is 2.28. The lowest BCUT2D eigenvalue weighted by molar-refractivity contribution is -0.0326. The maximum absolute atomic E-state index is 11.8. The lowest BCUT2D eigenvalue weighted by Crippen LogP contribution is -2.09. The molecule has 0 fully saturated rings. The van der Waals surface area contributed by atoms with E-state index in [9.17, 15) is 17.4 Å². The number of nitrogens with zero attached hydrogens (tertiary/aromatic N) is 1. The first-order valence-electron chi connectivity index (χ1n) is 4.20. The molecule has 0 aliphatic carbocycles. The second-order valence-electron chi connectivity index (χ2n) is 2.74. The highest BCUT2D eigenvalue weighted by molar-refractivity contribution is 8.00. The quantitative estimate of drug-likeness (QED) is 0.909. The zero-order chi connectivity index (χ0) is 12.2. The number of hydrogen-bond acceptors (Lipinski definition) is 4. The van der Waals surface area contributed by atoms with E-state index in [0.29, 0.717) is 0 Å². The molecule has 0 radical (unpaired) electrons. The minimum absolute atomic E-state index is 0.120. The van der Waals surface area contributed by atoms with E-state index < -0.39 is 16.3 Å². The summed E-state index contributed by atoms with van der Waals surface area (Å²) in [7, 11) is -1.59. The van der Waals surface area contributed by atoms with Crippen molar-refractivity contribution in [3.63, 3.8) is 0 Å². The van der Waals surface area contributed by atoms with Crippen LogP contribution >= 0.6 is 11.8 Å². The first-order chi connectivity index (χ1) is 7.40. The van der Waals surface area contributed by atoms with Gasteiger partial charge in [0.2, 0.25) is 0 Å². The second-order valence-corrected chi connectivity index (χ2v) is 5.39. The fourth-order valence-corrected chi connectivity index (χ4v) is 2.80. The van der Waals surface area contributed by atoms with Gasteiger partial charge in [-0.2, -0.15) is 13.2 Å². The van der Waals surface area contributed by atoms with Gasteiger partial charge in [-0.15, -0.1) is 0 Å². The molecular formula is C8H9F3N2OS2. The van der Waals surface area contributed by atoms with Crippen LogP contribution in [0.25, 0.3) is 0 Å². The Balaban J connectivity index is 2.51. The van der Waals surface area contributed by atoms with Gasteiger partial charge in [0.1, 0.15) is 5.03 Å². The summed E-state index contributed by atoms with van der Waals surface area (Å²) in [5.41, 5.74) is 1.44. The number of alkyl halides is 3. The van der Waals surface area contributed by atoms with Crippen LogP contribution in [-0.2, 0) is 10.8 Å². The second kappa shape index (κ2) is 5.53. The van der Waals surface area contributed by atoms with Crippen LogP contribution in [-0.4, -0.2) is 26.2 Å². The van der Waals surface area contributed by atoms with Crippen LogP contribution in [0.4, 0.5) is 18.9 Å². The van der Waals surface area contributed by atoms with Gasteiger partial charge in [0.05, 0.1) is 16.5 Å². The number of nitrogen functional groups attached to an aromatic ring is 1. The molecule has 0 saturated heterocycles. The Kier molecular flexibility index (Phi) is 4.60. The average Bonchev–Trinajstić information content (AvgIpc) is 2.16. The summed E-state index contributed by atoms with van der Waals surface area (Å²) >= 11 is -0.199. The Morgan fingerprint density at radius 1 is 1.50 bits per heavy atom. The van der Waals surface area contributed by atoms with Gasteiger partial charge in [0, 0.05) is 17.7 Å². The third-order valence-electron chi connectivity index (χ3n) is 1.55. The monoisotopic (exact) mass is 270 g/mol. The van der Waals surface area contributed by atoms with Crippen LogP contribution in [0.15, 0.2) is 23.4 Å². The van der Waals surface area contributed by atoms with Crippen molar-refractivity contribution in [2.45, 2.75) is 10.5 Å². The Labute approximate surface area is 97.1 Å². The number of thioether (sulfide) groups is 1. The van der Waals surface area contributed by atoms with Crippen molar-refractivity contribution < 1.29 is 17.4 Å². The van der Waals surface area contributed by atoms with E-state index in [1.807, 2.05) is 0 Å². The van der Waals surface area contributed by atoms with Crippen LogP contribution in [0.2, 0.25) is 0 Å². The molecule has 0 bridgehead atoms. The van der Waals surface area contributed by atoms with E-state index in [1.54, 1.807) is 6.07 Å². The van der Waals surface area contributed by atoms with Gasteiger partial charge >= 0.3 is 5.51 Å². The van der Waals surface area contributed by atoms with Crippen molar-refractivity contribution in [2.75, 3.05) is 17.2 Å². The standard InChI is InChI=1S/C8H9F3N2OS2/c9-8(10,11)15-4-5-16(14)7-6(12)2-1-3-13-7/h1-3H,4-5,12H2. The molecule has 1 rings (SSSR count). The summed E-state index contributed by atoms with van der Waals surface area (Å²) in [6.45, 7) is 0. The molecule has 1 heterocycles. The van der Waals surface area contributed by atoms with Crippen LogP contribution < -0.4 is 5.73 Å². The number of nitrogens with two attached hydrogens (primary N) is 1. The van der Waals surface area contributed by atoms with Gasteiger partial charge in [-0.25, -0.2) is 4.98 Å². The topological polar surface area (TPSA) is 56.0 Å². The molecule has 0 aromatic carbocycles. The van der Waals surface area contributed by atoms with Gasteiger partial charge in [0.25, 0.3) is 0 Å². The number of rotatable bonds is 4. The molecule has 8 heteroatoms. The van der Waals surface area contributed by atoms with E-state index >= 15 is 0 Å². The Bertz CT molecular complexity index is 384. The largest absolute Gasteiger partial charge is 0.441 e. The van der Waals surface area contributed by atoms with Crippen molar-refractivity contribution >= 4 is 28.2 Å². The molecule has 0 amide bonds. The average molecular weight is 270 g/mol. The minimum Gasteiger partial charge on any atom is -0.396 e. The highest BCUT2D eigenvalue weighted by atomic mass is 32.2. The lowest BCUT2D eigenvalue weighted by Gasteiger charge is -2.06. The molecular weight excluding hydrogens is 261 g/mol. The smallest absolute Gasteiger partial charge is 0.396 e. The predicted octanol–water partition coefficient (Wildman–Crippen LogP) is 2.02. The van der Waals surface area contributed by atoms with Crippen molar-refractivity contribution in [3.8, 4) is 0 Å². The molecule has 0 aliphatic rings. The van der Waals surface area contributed by atoms with Gasteiger partial charge in [0.15, 0.2) is 0 Å². The molecule has 1 unspecified atom stereocenters. The summed E-state index contributed by atoms with van der Waals surface area (Å²) in [5, 5.41) is 0.144. The first kappa shape index (κ1) is 13.3. The molecule has 1 aromatic heterocycles. The zero-order valence-electron chi connectivity index (χ0n) is 8.03. The maximum Gasteiger partial charge on any atom is 0.441 e. The van der Waals surface area contributed by atoms with E-state index in [4.69, 9.17) is 5.73 Å². The lowest BCUT2D eigenvalue weighted by atomic mass is 10.4. The maximum atomic E-state index is 11.8. The van der Waals surface area contributed by atoms with Gasteiger partial charge in [-0.1, -0.05) is 11.8 Å². The van der Waals surface area contributed by atoms with Crippen LogP contribution in [0, 0.1) is 0 Å². The summed E-state index contributed by atoms with van der Waals surface area (Å²) in [6.07, 6.45) is 1.40. The van der Waals surface area contributed by atoms with Crippen molar-refractivity contribution in [3.05, 3.63) is 18.3 Å². The van der Waals surface area contributed by atoms with Crippen molar-refractivity contribution in [1.29, 1.82) is 0 Å². The summed E-state index contributed by atoms with van der Waals surface area (Å²) in [5.74, 6) is -0.391. The molecule has 0 spiro atoms. The first-order valence-corrected chi connectivity index (χ1v) is 6.50. The minimum atomic E-state index is -4.29. The Hall–Kier alpha value is -0.760. The number of anilines is 1. The number of pyridine rings is 1. The van der Waals surface area contributed by atoms with Gasteiger partial charge in [-0.3, -0.25) is 4.21 Å². The normalized spacial score (nSPS) is 13.7. The van der Waals surface area contributed by atoms with Crippen LogP contribution in [0.3, 0.4) is 0 Å². The van der Waals surface area contributed by atoms with Gasteiger partial charge in [-0.05, 0) is 12.1 Å². The van der Waals surface area contributed by atoms with Crippen LogP contribution in [0.1, 0.15) is 0 Å².